The highest BCUT2D eigenvalue weighted by Crippen LogP contribution is 2.12. The molecule has 1 N–H and O–H groups in total. The van der Waals surface area contributed by atoms with Crippen molar-refractivity contribution in [2.75, 3.05) is 0 Å². The molecule has 2 rings (SSSR count). The van der Waals surface area contributed by atoms with Gasteiger partial charge in [0, 0.05) is 17.7 Å². The lowest BCUT2D eigenvalue weighted by molar-refractivity contribution is -0.384. The van der Waals surface area contributed by atoms with Crippen molar-refractivity contribution < 1.29 is 27.1 Å². The van der Waals surface area contributed by atoms with Crippen LogP contribution < -0.4 is 5.43 Å². The zero-order chi connectivity index (χ0) is 17.0. The summed E-state index contributed by atoms with van der Waals surface area (Å²) in [7, 11) is -4.70. The normalized spacial score (nSPS) is 11.5. The van der Waals surface area contributed by atoms with Crippen LogP contribution in [0.2, 0.25) is 0 Å². The second kappa shape index (κ2) is 6.37. The highest BCUT2D eigenvalue weighted by Gasteiger charge is 2.09. The first-order chi connectivity index (χ1) is 10.8. The summed E-state index contributed by atoms with van der Waals surface area (Å²) in [6.45, 7) is 0. The third-order valence-corrected chi connectivity index (χ3v) is 3.26. The summed E-state index contributed by atoms with van der Waals surface area (Å²) in [6, 6.07) is 6.97. The molecule has 0 spiro atoms. The summed E-state index contributed by atoms with van der Waals surface area (Å²) in [5.74, 6) is -0.692. The van der Waals surface area contributed by atoms with E-state index in [1.54, 1.807) is 0 Å². The first-order valence-corrected chi connectivity index (χ1v) is 7.32. The minimum absolute atomic E-state index is 0.0524. The van der Waals surface area contributed by atoms with Crippen LogP contribution in [0.25, 0.3) is 0 Å². The number of amides is 1. The second-order valence-corrected chi connectivity index (χ2v) is 5.42. The maximum atomic E-state index is 11.7. The quantitative estimate of drug-likeness (QED) is 0.366. The molecule has 23 heavy (non-hydrogen) atoms. The Morgan fingerprint density at radius 2 is 1.87 bits per heavy atom. The number of hydrogen-bond donors (Lipinski definition) is 1. The van der Waals surface area contributed by atoms with Crippen molar-refractivity contribution >= 4 is 27.9 Å². The molecular formula is C12H8N3O7S-. The lowest BCUT2D eigenvalue weighted by atomic mass is 10.2. The summed E-state index contributed by atoms with van der Waals surface area (Å²) in [5.41, 5.74) is 2.09. The van der Waals surface area contributed by atoms with Crippen molar-refractivity contribution in [2.24, 2.45) is 5.10 Å². The molecule has 1 aromatic heterocycles. The fourth-order valence-electron chi connectivity index (χ4n) is 1.49. The van der Waals surface area contributed by atoms with Crippen LogP contribution in [0.5, 0.6) is 0 Å². The Balaban J connectivity index is 2.01. The summed E-state index contributed by atoms with van der Waals surface area (Å²) in [5, 5.41) is 13.2. The van der Waals surface area contributed by atoms with E-state index in [0.717, 1.165) is 24.4 Å². The van der Waals surface area contributed by atoms with Crippen LogP contribution >= 0.6 is 0 Å². The van der Waals surface area contributed by atoms with Crippen LogP contribution in [0.15, 0.2) is 51.0 Å². The molecule has 0 aliphatic heterocycles. The van der Waals surface area contributed by atoms with E-state index in [4.69, 9.17) is 4.42 Å². The van der Waals surface area contributed by atoms with Gasteiger partial charge in [0.05, 0.1) is 11.1 Å². The maximum absolute atomic E-state index is 11.7. The number of carbonyl (C=O) groups is 1. The molecule has 0 aliphatic carbocycles. The van der Waals surface area contributed by atoms with Gasteiger partial charge in [0.1, 0.15) is 5.76 Å². The Morgan fingerprint density at radius 1 is 1.22 bits per heavy atom. The second-order valence-electron chi connectivity index (χ2n) is 4.11. The van der Waals surface area contributed by atoms with Gasteiger partial charge in [-0.3, -0.25) is 14.9 Å². The van der Waals surface area contributed by atoms with E-state index in [2.05, 4.69) is 10.5 Å². The molecule has 0 aliphatic rings. The van der Waals surface area contributed by atoms with Gasteiger partial charge in [-0.2, -0.15) is 5.10 Å². The molecular weight excluding hydrogens is 330 g/mol. The molecule has 10 nitrogen and oxygen atoms in total. The van der Waals surface area contributed by atoms with E-state index in [9.17, 15) is 27.9 Å². The fourth-order valence-corrected chi connectivity index (χ4v) is 1.92. The number of nitrogens with zero attached hydrogens (tertiary/aromatic N) is 2. The molecule has 0 saturated carbocycles. The van der Waals surface area contributed by atoms with E-state index < -0.39 is 26.0 Å². The molecule has 1 heterocycles. The zero-order valence-corrected chi connectivity index (χ0v) is 12.0. The molecule has 0 bridgehead atoms. The summed E-state index contributed by atoms with van der Waals surface area (Å²) >= 11 is 0. The third-order valence-electron chi connectivity index (χ3n) is 2.55. The molecule has 0 unspecified atom stereocenters. The van der Waals surface area contributed by atoms with Gasteiger partial charge in [-0.1, -0.05) is 0 Å². The average Bonchev–Trinajstić information content (AvgIpc) is 2.96. The van der Waals surface area contributed by atoms with Crippen molar-refractivity contribution in [1.29, 1.82) is 0 Å². The average molecular weight is 338 g/mol. The minimum Gasteiger partial charge on any atom is -0.742 e. The molecule has 0 atom stereocenters. The van der Waals surface area contributed by atoms with Crippen molar-refractivity contribution in [3.05, 3.63) is 57.8 Å². The summed E-state index contributed by atoms with van der Waals surface area (Å²) in [6.07, 6.45) is 0.998. The van der Waals surface area contributed by atoms with Gasteiger partial charge in [-0.25, -0.2) is 13.8 Å². The number of nitro groups is 1. The highest BCUT2D eigenvalue weighted by molar-refractivity contribution is 7.85. The predicted molar refractivity (Wildman–Crippen MR) is 74.8 cm³/mol. The number of rotatable bonds is 5. The molecule has 120 valence electrons. The number of carbonyl (C=O) groups excluding carboxylic acids is 1. The highest BCUT2D eigenvalue weighted by atomic mass is 32.2. The van der Waals surface area contributed by atoms with Crippen LogP contribution in [-0.2, 0) is 10.1 Å². The Labute approximate surface area is 129 Å². The van der Waals surface area contributed by atoms with Crippen LogP contribution in [0.1, 0.15) is 16.1 Å². The Hall–Kier alpha value is -3.05. The molecule has 0 saturated heterocycles. The minimum atomic E-state index is -4.70. The summed E-state index contributed by atoms with van der Waals surface area (Å²) < 4.78 is 36.7. The first kappa shape index (κ1) is 16.3. The van der Waals surface area contributed by atoms with Crippen LogP contribution in [0, 0.1) is 10.1 Å². The Morgan fingerprint density at radius 3 is 2.39 bits per heavy atom. The largest absolute Gasteiger partial charge is 0.742 e. The molecule has 2 aromatic rings. The van der Waals surface area contributed by atoms with Crippen molar-refractivity contribution in [3.63, 3.8) is 0 Å². The number of furan rings is 1. The van der Waals surface area contributed by atoms with Gasteiger partial charge in [-0.05, 0) is 24.3 Å². The zero-order valence-electron chi connectivity index (χ0n) is 11.2. The standard InChI is InChI=1S/C12H9N3O7S/c16-12(8-1-3-9(4-2-8)15(17)18)14-13-7-10-5-6-11(22-10)23(19,20)21/h1-7H,(H,14,16)(H,19,20,21)/p-1. The van der Waals surface area contributed by atoms with E-state index >= 15 is 0 Å². The SMILES string of the molecule is O=C(NN=Cc1ccc(S(=O)(=O)[O-])o1)c1ccc([N+](=O)[O-])cc1. The van der Waals surface area contributed by atoms with Crippen molar-refractivity contribution in [3.8, 4) is 0 Å². The molecule has 0 radical (unpaired) electrons. The van der Waals surface area contributed by atoms with Gasteiger partial charge in [-0.15, -0.1) is 0 Å². The van der Waals surface area contributed by atoms with Crippen LogP contribution in [0.4, 0.5) is 5.69 Å². The number of hydrogen-bond acceptors (Lipinski definition) is 8. The molecule has 0 fully saturated rings. The lowest BCUT2D eigenvalue weighted by Gasteiger charge is -2.00. The number of benzene rings is 1. The monoisotopic (exact) mass is 338 g/mol. The topological polar surface area (TPSA) is 155 Å². The van der Waals surface area contributed by atoms with Crippen molar-refractivity contribution in [2.45, 2.75) is 5.09 Å². The molecule has 1 amide bonds. The van der Waals surface area contributed by atoms with Crippen molar-refractivity contribution in [1.82, 2.24) is 5.43 Å². The number of nitro benzene ring substituents is 1. The lowest BCUT2D eigenvalue weighted by Crippen LogP contribution is -2.17. The molecule has 11 heteroatoms. The Bertz CT molecular complexity index is 868. The fraction of sp³-hybridized carbons (Fsp3) is 0. The number of nitrogens with one attached hydrogen (secondary N) is 1. The van der Waals surface area contributed by atoms with E-state index in [-0.39, 0.29) is 17.0 Å². The van der Waals surface area contributed by atoms with Gasteiger partial charge < -0.3 is 8.97 Å². The number of non-ortho nitro benzene ring substituents is 1. The third kappa shape index (κ3) is 4.21. The van der Waals surface area contributed by atoms with Crippen LogP contribution in [0.3, 0.4) is 0 Å². The van der Waals surface area contributed by atoms with Crippen LogP contribution in [-0.4, -0.2) is 30.0 Å². The molecule has 1 aromatic carbocycles. The predicted octanol–water partition coefficient (Wildman–Crippen LogP) is 0.856. The summed E-state index contributed by atoms with van der Waals surface area (Å²) in [4.78, 5) is 21.6. The van der Waals surface area contributed by atoms with Gasteiger partial charge in [0.25, 0.3) is 11.6 Å². The first-order valence-electron chi connectivity index (χ1n) is 5.91. The number of hydrazone groups is 1. The van der Waals surface area contributed by atoms with E-state index in [1.165, 1.54) is 18.2 Å². The smallest absolute Gasteiger partial charge is 0.271 e. The van der Waals surface area contributed by atoms with Gasteiger partial charge in [0.2, 0.25) is 5.09 Å². The van der Waals surface area contributed by atoms with E-state index in [0.29, 0.717) is 0 Å². The Kier molecular flexibility index (Phi) is 4.52. The van der Waals surface area contributed by atoms with Gasteiger partial charge in [0.15, 0.2) is 10.1 Å². The van der Waals surface area contributed by atoms with E-state index in [1.807, 2.05) is 0 Å². The maximum Gasteiger partial charge on any atom is 0.271 e. The van der Waals surface area contributed by atoms with Gasteiger partial charge >= 0.3 is 0 Å².